The zero-order valence-corrected chi connectivity index (χ0v) is 11.4. The van der Waals surface area contributed by atoms with E-state index in [2.05, 4.69) is 5.32 Å². The summed E-state index contributed by atoms with van der Waals surface area (Å²) in [6, 6.07) is 5.32. The van der Waals surface area contributed by atoms with Gasteiger partial charge in [0.25, 0.3) is 0 Å². The standard InChI is InChI=1S/C15H17NO3/c1-4-13(17)16-8-11-7-14(18)19-12-6-9(2)5-10(3)15(11)12/h5-7H,4,8H2,1-3H3,(H,16,17). The molecule has 100 valence electrons. The molecule has 0 aliphatic carbocycles. The first kappa shape index (κ1) is 13.3. The second-order valence-electron chi connectivity index (χ2n) is 4.68. The number of carbonyl (C=O) groups is 1. The first-order valence-corrected chi connectivity index (χ1v) is 6.32. The van der Waals surface area contributed by atoms with Crippen LogP contribution in [0.25, 0.3) is 11.0 Å². The van der Waals surface area contributed by atoms with Crippen LogP contribution in [-0.2, 0) is 11.3 Å². The van der Waals surface area contributed by atoms with Crippen molar-refractivity contribution in [2.24, 2.45) is 0 Å². The molecule has 1 aromatic heterocycles. The fraction of sp³-hybridized carbons (Fsp3) is 0.333. The van der Waals surface area contributed by atoms with E-state index in [4.69, 9.17) is 4.42 Å². The fourth-order valence-corrected chi connectivity index (χ4v) is 2.23. The average molecular weight is 259 g/mol. The smallest absolute Gasteiger partial charge is 0.336 e. The molecule has 0 atom stereocenters. The molecule has 0 saturated heterocycles. The summed E-state index contributed by atoms with van der Waals surface area (Å²) in [7, 11) is 0. The number of benzene rings is 1. The molecule has 0 aliphatic heterocycles. The third-order valence-corrected chi connectivity index (χ3v) is 3.06. The van der Waals surface area contributed by atoms with Gasteiger partial charge in [-0.3, -0.25) is 4.79 Å². The van der Waals surface area contributed by atoms with Gasteiger partial charge in [0.2, 0.25) is 5.91 Å². The predicted octanol–water partition coefficient (Wildman–Crippen LogP) is 2.44. The van der Waals surface area contributed by atoms with E-state index in [0.29, 0.717) is 18.5 Å². The van der Waals surface area contributed by atoms with Crippen molar-refractivity contribution in [2.75, 3.05) is 0 Å². The Labute approximate surface area is 111 Å². The monoisotopic (exact) mass is 259 g/mol. The van der Waals surface area contributed by atoms with Crippen LogP contribution in [-0.4, -0.2) is 5.91 Å². The number of aryl methyl sites for hydroxylation is 2. The SMILES string of the molecule is CCC(=O)NCc1cc(=O)oc2cc(C)cc(C)c12. The van der Waals surface area contributed by atoms with E-state index in [0.717, 1.165) is 22.1 Å². The lowest BCUT2D eigenvalue weighted by molar-refractivity contribution is -0.120. The molecule has 4 nitrogen and oxygen atoms in total. The Kier molecular flexibility index (Phi) is 3.69. The molecule has 1 aromatic carbocycles. The van der Waals surface area contributed by atoms with Gasteiger partial charge in [-0.2, -0.15) is 0 Å². The lowest BCUT2D eigenvalue weighted by Crippen LogP contribution is -2.22. The molecule has 0 spiro atoms. The molecule has 0 unspecified atom stereocenters. The zero-order valence-electron chi connectivity index (χ0n) is 11.4. The molecule has 19 heavy (non-hydrogen) atoms. The Morgan fingerprint density at radius 2 is 2.00 bits per heavy atom. The maximum absolute atomic E-state index is 11.6. The topological polar surface area (TPSA) is 59.3 Å². The molecule has 2 rings (SSSR count). The molecular weight excluding hydrogens is 242 g/mol. The van der Waals surface area contributed by atoms with E-state index in [1.54, 1.807) is 6.92 Å². The summed E-state index contributed by atoms with van der Waals surface area (Å²) in [6.45, 7) is 6.07. The van der Waals surface area contributed by atoms with Gasteiger partial charge in [-0.1, -0.05) is 13.0 Å². The van der Waals surface area contributed by atoms with Crippen LogP contribution in [0.2, 0.25) is 0 Å². The lowest BCUT2D eigenvalue weighted by atomic mass is 10.0. The summed E-state index contributed by atoms with van der Waals surface area (Å²) in [5, 5.41) is 3.69. The van der Waals surface area contributed by atoms with Crippen LogP contribution >= 0.6 is 0 Å². The predicted molar refractivity (Wildman–Crippen MR) is 74.1 cm³/mol. The Balaban J connectivity index is 2.53. The first-order valence-electron chi connectivity index (χ1n) is 6.32. The summed E-state index contributed by atoms with van der Waals surface area (Å²) in [5.74, 6) is -0.0360. The number of rotatable bonds is 3. The van der Waals surface area contributed by atoms with Crippen molar-refractivity contribution in [1.29, 1.82) is 0 Å². The van der Waals surface area contributed by atoms with Crippen molar-refractivity contribution in [3.63, 3.8) is 0 Å². The Morgan fingerprint density at radius 3 is 2.68 bits per heavy atom. The summed E-state index contributed by atoms with van der Waals surface area (Å²) in [4.78, 5) is 22.9. The van der Waals surface area contributed by atoms with E-state index in [1.165, 1.54) is 6.07 Å². The minimum atomic E-state index is -0.391. The highest BCUT2D eigenvalue weighted by Crippen LogP contribution is 2.22. The molecule has 1 amide bonds. The average Bonchev–Trinajstić information content (AvgIpc) is 2.34. The molecule has 1 N–H and O–H groups in total. The van der Waals surface area contributed by atoms with Gasteiger partial charge in [0, 0.05) is 24.4 Å². The summed E-state index contributed by atoms with van der Waals surface area (Å²) < 4.78 is 5.23. The third kappa shape index (κ3) is 2.84. The Bertz CT molecular complexity index is 686. The number of amides is 1. The normalized spacial score (nSPS) is 10.7. The van der Waals surface area contributed by atoms with Gasteiger partial charge in [0.1, 0.15) is 5.58 Å². The zero-order chi connectivity index (χ0) is 14.0. The van der Waals surface area contributed by atoms with E-state index in [9.17, 15) is 9.59 Å². The highest BCUT2D eigenvalue weighted by Gasteiger charge is 2.09. The van der Waals surface area contributed by atoms with Gasteiger partial charge in [-0.05, 0) is 36.6 Å². The Morgan fingerprint density at radius 1 is 1.26 bits per heavy atom. The van der Waals surface area contributed by atoms with Gasteiger partial charge in [-0.15, -0.1) is 0 Å². The quantitative estimate of drug-likeness (QED) is 0.861. The van der Waals surface area contributed by atoms with Crippen LogP contribution in [0.1, 0.15) is 30.0 Å². The maximum atomic E-state index is 11.6. The van der Waals surface area contributed by atoms with Crippen molar-refractivity contribution < 1.29 is 9.21 Å². The van der Waals surface area contributed by atoms with E-state index < -0.39 is 5.63 Å². The molecule has 0 fully saturated rings. The van der Waals surface area contributed by atoms with Crippen molar-refractivity contribution >= 4 is 16.9 Å². The van der Waals surface area contributed by atoms with Crippen LogP contribution in [0.15, 0.2) is 27.4 Å². The van der Waals surface area contributed by atoms with E-state index in [1.807, 2.05) is 26.0 Å². The number of hydrogen-bond acceptors (Lipinski definition) is 3. The van der Waals surface area contributed by atoms with Crippen LogP contribution < -0.4 is 10.9 Å². The molecule has 0 aliphatic rings. The van der Waals surface area contributed by atoms with Gasteiger partial charge in [0.15, 0.2) is 0 Å². The second kappa shape index (κ2) is 5.26. The van der Waals surface area contributed by atoms with Crippen molar-refractivity contribution in [1.82, 2.24) is 5.32 Å². The van der Waals surface area contributed by atoms with Crippen LogP contribution in [0.4, 0.5) is 0 Å². The lowest BCUT2D eigenvalue weighted by Gasteiger charge is -2.10. The first-order chi connectivity index (χ1) is 9.01. The van der Waals surface area contributed by atoms with Crippen molar-refractivity contribution in [3.05, 3.63) is 45.3 Å². The van der Waals surface area contributed by atoms with Crippen LogP contribution in [0.3, 0.4) is 0 Å². The van der Waals surface area contributed by atoms with Crippen molar-refractivity contribution in [2.45, 2.75) is 33.7 Å². The molecule has 0 bridgehead atoms. The largest absolute Gasteiger partial charge is 0.423 e. The van der Waals surface area contributed by atoms with Crippen LogP contribution in [0.5, 0.6) is 0 Å². The summed E-state index contributed by atoms with van der Waals surface area (Å²) in [6.07, 6.45) is 0.428. The fourth-order valence-electron chi connectivity index (χ4n) is 2.23. The molecule has 1 heterocycles. The Hall–Kier alpha value is -2.10. The minimum absolute atomic E-state index is 0.0360. The number of hydrogen-bond donors (Lipinski definition) is 1. The van der Waals surface area contributed by atoms with E-state index in [-0.39, 0.29) is 5.91 Å². The second-order valence-corrected chi connectivity index (χ2v) is 4.68. The van der Waals surface area contributed by atoms with Gasteiger partial charge in [0.05, 0.1) is 0 Å². The van der Waals surface area contributed by atoms with Gasteiger partial charge >= 0.3 is 5.63 Å². The highest BCUT2D eigenvalue weighted by molar-refractivity contribution is 5.85. The summed E-state index contributed by atoms with van der Waals surface area (Å²) in [5.41, 5.74) is 3.07. The number of fused-ring (bicyclic) bond motifs is 1. The van der Waals surface area contributed by atoms with Crippen LogP contribution in [0, 0.1) is 13.8 Å². The van der Waals surface area contributed by atoms with Gasteiger partial charge in [-0.25, -0.2) is 4.79 Å². The molecule has 0 radical (unpaired) electrons. The molecule has 2 aromatic rings. The van der Waals surface area contributed by atoms with Gasteiger partial charge < -0.3 is 9.73 Å². The highest BCUT2D eigenvalue weighted by atomic mass is 16.4. The number of nitrogens with one attached hydrogen (secondary N) is 1. The molecule has 4 heteroatoms. The molecule has 0 saturated carbocycles. The third-order valence-electron chi connectivity index (χ3n) is 3.06. The van der Waals surface area contributed by atoms with Crippen molar-refractivity contribution in [3.8, 4) is 0 Å². The summed E-state index contributed by atoms with van der Waals surface area (Å²) >= 11 is 0. The minimum Gasteiger partial charge on any atom is -0.423 e. The number of carbonyl (C=O) groups excluding carboxylic acids is 1. The van der Waals surface area contributed by atoms with E-state index >= 15 is 0 Å². The molecular formula is C15H17NO3. The maximum Gasteiger partial charge on any atom is 0.336 e.